The van der Waals surface area contributed by atoms with Crippen LogP contribution in [0.25, 0.3) is 0 Å². The zero-order valence-electron chi connectivity index (χ0n) is 17.5. The summed E-state index contributed by atoms with van der Waals surface area (Å²) in [5, 5.41) is 0. The van der Waals surface area contributed by atoms with Gasteiger partial charge in [-0.15, -0.1) is 0 Å². The van der Waals surface area contributed by atoms with E-state index in [1.165, 1.54) is 11.1 Å². The Hall–Kier alpha value is -1.71. The van der Waals surface area contributed by atoms with Crippen LogP contribution in [0.3, 0.4) is 0 Å². The molecule has 0 N–H and O–H groups in total. The summed E-state index contributed by atoms with van der Waals surface area (Å²) in [5.74, 6) is 0.953. The molecular formula is C22H33NO3. The van der Waals surface area contributed by atoms with Crippen molar-refractivity contribution < 1.29 is 14.3 Å². The Balaban J connectivity index is 2.05. The molecule has 3 rings (SSSR count). The summed E-state index contributed by atoms with van der Waals surface area (Å²) in [6, 6.07) is 4.61. The van der Waals surface area contributed by atoms with Gasteiger partial charge in [0.15, 0.2) is 0 Å². The van der Waals surface area contributed by atoms with Gasteiger partial charge in [-0.1, -0.05) is 26.8 Å². The fourth-order valence-corrected chi connectivity index (χ4v) is 4.82. The van der Waals surface area contributed by atoms with Crippen molar-refractivity contribution in [1.29, 1.82) is 0 Å². The number of likely N-dealkylation sites (tertiary alicyclic amines) is 1. The van der Waals surface area contributed by atoms with Gasteiger partial charge in [0.1, 0.15) is 11.4 Å². The summed E-state index contributed by atoms with van der Waals surface area (Å²) in [4.78, 5) is 14.8. The predicted molar refractivity (Wildman–Crippen MR) is 104 cm³/mol. The number of methoxy groups -OCH3 is 1. The number of piperidine rings is 1. The van der Waals surface area contributed by atoms with Gasteiger partial charge in [-0.25, -0.2) is 4.79 Å². The SMILES string of the molecule is COc1cc2c(cc1C)C[C@@H]1N(C(=O)OC(C)(C)C)CC[C@@]2(C)C1(C)C. The average molecular weight is 360 g/mol. The van der Waals surface area contributed by atoms with Gasteiger partial charge in [0.05, 0.1) is 7.11 Å². The van der Waals surface area contributed by atoms with E-state index >= 15 is 0 Å². The van der Waals surface area contributed by atoms with E-state index in [1.807, 2.05) is 25.7 Å². The van der Waals surface area contributed by atoms with Crippen LogP contribution in [-0.2, 0) is 16.6 Å². The number of hydrogen-bond acceptors (Lipinski definition) is 3. The Kier molecular flexibility index (Phi) is 4.33. The second-order valence-electron chi connectivity index (χ2n) is 9.68. The summed E-state index contributed by atoms with van der Waals surface area (Å²) < 4.78 is 11.3. The van der Waals surface area contributed by atoms with Gasteiger partial charge in [-0.2, -0.15) is 0 Å². The number of fused-ring (bicyclic) bond motifs is 4. The molecule has 1 aromatic rings. The Labute approximate surface area is 157 Å². The third-order valence-corrected chi connectivity index (χ3v) is 6.74. The van der Waals surface area contributed by atoms with Crippen molar-refractivity contribution in [3.05, 3.63) is 28.8 Å². The molecule has 2 atom stereocenters. The quantitative estimate of drug-likeness (QED) is 0.719. The summed E-state index contributed by atoms with van der Waals surface area (Å²) >= 11 is 0. The van der Waals surface area contributed by atoms with Gasteiger partial charge in [0.25, 0.3) is 0 Å². The molecule has 26 heavy (non-hydrogen) atoms. The predicted octanol–water partition coefficient (Wildman–Crippen LogP) is 4.85. The van der Waals surface area contributed by atoms with Gasteiger partial charge in [0, 0.05) is 18.0 Å². The highest BCUT2D eigenvalue weighted by Crippen LogP contribution is 2.56. The van der Waals surface area contributed by atoms with Crippen LogP contribution in [0.4, 0.5) is 4.79 Å². The van der Waals surface area contributed by atoms with Crippen LogP contribution < -0.4 is 4.74 Å². The zero-order valence-corrected chi connectivity index (χ0v) is 17.5. The maximum atomic E-state index is 12.9. The number of carbonyl (C=O) groups excluding carboxylic acids is 1. The van der Waals surface area contributed by atoms with Crippen molar-refractivity contribution in [1.82, 2.24) is 4.90 Å². The molecule has 0 saturated carbocycles. The van der Waals surface area contributed by atoms with Gasteiger partial charge in [-0.05, 0) is 68.7 Å². The lowest BCUT2D eigenvalue weighted by molar-refractivity contribution is -0.0522. The largest absolute Gasteiger partial charge is 0.496 e. The number of aryl methyl sites for hydroxylation is 1. The van der Waals surface area contributed by atoms with E-state index in [0.29, 0.717) is 0 Å². The molecule has 1 fully saturated rings. The molecular weight excluding hydrogens is 326 g/mol. The second kappa shape index (κ2) is 5.90. The van der Waals surface area contributed by atoms with Crippen molar-refractivity contribution in [2.75, 3.05) is 13.7 Å². The number of rotatable bonds is 1. The van der Waals surface area contributed by atoms with Crippen LogP contribution in [0.2, 0.25) is 0 Å². The van der Waals surface area contributed by atoms with Crippen molar-refractivity contribution >= 4 is 6.09 Å². The van der Waals surface area contributed by atoms with Crippen LogP contribution in [0, 0.1) is 12.3 Å². The van der Waals surface area contributed by atoms with E-state index in [0.717, 1.165) is 30.7 Å². The van der Waals surface area contributed by atoms with Gasteiger partial charge in [0.2, 0.25) is 0 Å². The molecule has 0 spiro atoms. The highest BCUT2D eigenvalue weighted by Gasteiger charge is 2.57. The first-order valence-electron chi connectivity index (χ1n) is 9.58. The molecule has 2 bridgehead atoms. The van der Waals surface area contributed by atoms with Crippen LogP contribution in [0.15, 0.2) is 12.1 Å². The Morgan fingerprint density at radius 2 is 1.88 bits per heavy atom. The van der Waals surface area contributed by atoms with Crippen molar-refractivity contribution in [2.45, 2.75) is 78.4 Å². The first-order valence-corrected chi connectivity index (χ1v) is 9.58. The zero-order chi connectivity index (χ0) is 19.5. The Morgan fingerprint density at radius 3 is 2.46 bits per heavy atom. The third kappa shape index (κ3) is 2.78. The Morgan fingerprint density at radius 1 is 1.23 bits per heavy atom. The van der Waals surface area contributed by atoms with E-state index in [4.69, 9.17) is 9.47 Å². The average Bonchev–Trinajstić information content (AvgIpc) is 2.49. The lowest BCUT2D eigenvalue weighted by atomic mass is 9.51. The molecule has 1 aromatic carbocycles. The minimum absolute atomic E-state index is 0.00470. The number of hydrogen-bond donors (Lipinski definition) is 0. The van der Waals surface area contributed by atoms with E-state index in [1.54, 1.807) is 7.11 Å². The molecule has 1 aliphatic heterocycles. The maximum absolute atomic E-state index is 12.9. The standard InChI is InChI=1S/C22H33NO3/c1-14-11-15-12-18-21(5,6)22(7,16(15)13-17(14)25-8)9-10-23(18)19(24)26-20(2,3)4/h11,13,18H,9-10,12H2,1-8H3/t18-,22+/m0/s1. The van der Waals surface area contributed by atoms with E-state index in [2.05, 4.69) is 39.8 Å². The minimum atomic E-state index is -0.474. The van der Waals surface area contributed by atoms with Crippen LogP contribution in [-0.4, -0.2) is 36.3 Å². The molecule has 0 radical (unpaired) electrons. The monoisotopic (exact) mass is 359 g/mol. The lowest BCUT2D eigenvalue weighted by Crippen LogP contribution is -2.65. The van der Waals surface area contributed by atoms with Gasteiger partial charge >= 0.3 is 6.09 Å². The fraction of sp³-hybridized carbons (Fsp3) is 0.682. The molecule has 2 aliphatic rings. The number of carbonyl (C=O) groups is 1. The molecule has 144 valence electrons. The first-order chi connectivity index (χ1) is 11.9. The molecule has 4 heteroatoms. The molecule has 0 aromatic heterocycles. The summed E-state index contributed by atoms with van der Waals surface area (Å²) in [5.41, 5.74) is 3.35. The molecule has 4 nitrogen and oxygen atoms in total. The highest BCUT2D eigenvalue weighted by atomic mass is 16.6. The van der Waals surface area contributed by atoms with Crippen LogP contribution in [0.5, 0.6) is 5.75 Å². The van der Waals surface area contributed by atoms with E-state index < -0.39 is 5.60 Å². The smallest absolute Gasteiger partial charge is 0.410 e. The first kappa shape index (κ1) is 19.1. The summed E-state index contributed by atoms with van der Waals surface area (Å²) in [6.45, 7) is 15.5. The molecule has 1 saturated heterocycles. The van der Waals surface area contributed by atoms with E-state index in [9.17, 15) is 4.79 Å². The number of amides is 1. The summed E-state index contributed by atoms with van der Waals surface area (Å²) in [7, 11) is 1.74. The van der Waals surface area contributed by atoms with Crippen molar-refractivity contribution in [3.63, 3.8) is 0 Å². The van der Waals surface area contributed by atoms with Crippen LogP contribution in [0.1, 0.15) is 64.7 Å². The molecule has 0 unspecified atom stereocenters. The third-order valence-electron chi connectivity index (χ3n) is 6.74. The lowest BCUT2D eigenvalue weighted by Gasteiger charge is -2.60. The number of benzene rings is 1. The Bertz CT molecular complexity index is 732. The number of nitrogens with zero attached hydrogens (tertiary/aromatic N) is 1. The normalized spacial score (nSPS) is 26.9. The van der Waals surface area contributed by atoms with E-state index in [-0.39, 0.29) is 23.0 Å². The molecule has 1 amide bonds. The molecule has 1 heterocycles. The summed E-state index contributed by atoms with van der Waals surface area (Å²) in [6.07, 6.45) is 1.60. The van der Waals surface area contributed by atoms with Crippen molar-refractivity contribution in [2.24, 2.45) is 5.41 Å². The maximum Gasteiger partial charge on any atom is 0.410 e. The van der Waals surface area contributed by atoms with Gasteiger partial charge in [-0.3, -0.25) is 0 Å². The van der Waals surface area contributed by atoms with Crippen LogP contribution >= 0.6 is 0 Å². The van der Waals surface area contributed by atoms with Gasteiger partial charge < -0.3 is 14.4 Å². The van der Waals surface area contributed by atoms with Crippen molar-refractivity contribution in [3.8, 4) is 5.75 Å². The number of ether oxygens (including phenoxy) is 2. The molecule has 1 aliphatic carbocycles. The second-order valence-corrected chi connectivity index (χ2v) is 9.68. The highest BCUT2D eigenvalue weighted by molar-refractivity contribution is 5.69. The fourth-order valence-electron chi connectivity index (χ4n) is 4.82. The topological polar surface area (TPSA) is 38.8 Å². The minimum Gasteiger partial charge on any atom is -0.496 e.